The van der Waals surface area contributed by atoms with Gasteiger partial charge in [-0.1, -0.05) is 25.4 Å². The first-order chi connectivity index (χ1) is 8.45. The van der Waals surface area contributed by atoms with E-state index in [0.717, 1.165) is 11.3 Å². The van der Waals surface area contributed by atoms with Crippen molar-refractivity contribution in [3.05, 3.63) is 22.2 Å². The average Bonchev–Trinajstić information content (AvgIpc) is 2.27. The second-order valence-corrected chi connectivity index (χ2v) is 4.74. The van der Waals surface area contributed by atoms with Crippen molar-refractivity contribution in [1.82, 2.24) is 9.97 Å². The monoisotopic (exact) mass is 270 g/mol. The van der Waals surface area contributed by atoms with Crippen LogP contribution in [0.25, 0.3) is 0 Å². The van der Waals surface area contributed by atoms with Crippen molar-refractivity contribution in [3.8, 4) is 0 Å². The number of hydrogen-bond donors (Lipinski definition) is 0. The highest BCUT2D eigenvalue weighted by atomic mass is 35.5. The number of aromatic nitrogens is 2. The van der Waals surface area contributed by atoms with Gasteiger partial charge in [0.15, 0.2) is 0 Å². The maximum absolute atomic E-state index is 11.4. The van der Waals surface area contributed by atoms with Crippen LogP contribution in [0.5, 0.6) is 0 Å². The average molecular weight is 271 g/mol. The molecule has 0 aromatic carbocycles. The Bertz CT molecular complexity index is 433. The van der Waals surface area contributed by atoms with E-state index in [4.69, 9.17) is 16.3 Å². The fourth-order valence-corrected chi connectivity index (χ4v) is 2.06. The largest absolute Gasteiger partial charge is 0.466 e. The molecule has 1 rings (SSSR count). The van der Waals surface area contributed by atoms with Crippen LogP contribution in [0.4, 0.5) is 0 Å². The maximum Gasteiger partial charge on any atom is 0.306 e. The van der Waals surface area contributed by atoms with Crippen molar-refractivity contribution in [2.75, 3.05) is 6.61 Å². The van der Waals surface area contributed by atoms with E-state index >= 15 is 0 Å². The number of nitrogens with zero attached hydrogens (tertiary/aromatic N) is 2. The van der Waals surface area contributed by atoms with Gasteiger partial charge in [-0.05, 0) is 26.2 Å². The molecule has 5 heteroatoms. The van der Waals surface area contributed by atoms with Gasteiger partial charge >= 0.3 is 5.97 Å². The summed E-state index contributed by atoms with van der Waals surface area (Å²) in [5.74, 6) is 0.689. The first kappa shape index (κ1) is 14.9. The van der Waals surface area contributed by atoms with Gasteiger partial charge in [0, 0.05) is 12.0 Å². The molecule has 0 bridgehead atoms. The van der Waals surface area contributed by atoms with Crippen molar-refractivity contribution in [3.63, 3.8) is 0 Å². The molecule has 1 aromatic heterocycles. The third-order valence-electron chi connectivity index (χ3n) is 2.53. The van der Waals surface area contributed by atoms with E-state index in [-0.39, 0.29) is 11.9 Å². The third-order valence-corrected chi connectivity index (χ3v) is 2.84. The molecule has 0 aliphatic rings. The molecule has 4 nitrogen and oxygen atoms in total. The first-order valence-corrected chi connectivity index (χ1v) is 6.52. The Morgan fingerprint density at radius 3 is 2.61 bits per heavy atom. The predicted molar refractivity (Wildman–Crippen MR) is 70.8 cm³/mol. The quantitative estimate of drug-likeness (QED) is 0.609. The molecule has 0 saturated heterocycles. The molecule has 0 radical (unpaired) electrons. The van der Waals surface area contributed by atoms with Gasteiger partial charge in [-0.15, -0.1) is 0 Å². The van der Waals surface area contributed by atoms with E-state index in [1.807, 2.05) is 20.8 Å². The Kier molecular flexibility index (Phi) is 5.54. The zero-order valence-electron chi connectivity index (χ0n) is 11.3. The van der Waals surface area contributed by atoms with Gasteiger partial charge in [-0.3, -0.25) is 4.79 Å². The van der Waals surface area contributed by atoms with Gasteiger partial charge in [0.1, 0.15) is 11.0 Å². The Morgan fingerprint density at radius 2 is 2.06 bits per heavy atom. The zero-order chi connectivity index (χ0) is 13.7. The number of rotatable bonds is 5. The van der Waals surface area contributed by atoms with Crippen molar-refractivity contribution in [2.45, 2.75) is 46.5 Å². The molecule has 0 aliphatic carbocycles. The van der Waals surface area contributed by atoms with Gasteiger partial charge < -0.3 is 4.74 Å². The third kappa shape index (κ3) is 3.95. The maximum atomic E-state index is 11.4. The van der Waals surface area contributed by atoms with Crippen LogP contribution in [-0.4, -0.2) is 22.5 Å². The highest BCUT2D eigenvalue weighted by molar-refractivity contribution is 6.30. The van der Waals surface area contributed by atoms with E-state index in [0.29, 0.717) is 30.4 Å². The molecule has 0 unspecified atom stereocenters. The summed E-state index contributed by atoms with van der Waals surface area (Å²) in [6.07, 6.45) is 0.825. The van der Waals surface area contributed by atoms with Crippen molar-refractivity contribution >= 4 is 17.6 Å². The van der Waals surface area contributed by atoms with Crippen molar-refractivity contribution < 1.29 is 9.53 Å². The standard InChI is InChI=1S/C13H19ClN2O2/c1-5-18-11(17)7-6-10-12(8(2)3)15-9(4)16-13(10)14/h8H,5-7H2,1-4H3. The summed E-state index contributed by atoms with van der Waals surface area (Å²) >= 11 is 6.14. The molecule has 0 N–H and O–H groups in total. The smallest absolute Gasteiger partial charge is 0.306 e. The van der Waals surface area contributed by atoms with Crippen molar-refractivity contribution in [2.24, 2.45) is 0 Å². The Balaban J connectivity index is 2.90. The summed E-state index contributed by atoms with van der Waals surface area (Å²) < 4.78 is 4.90. The number of halogens is 1. The summed E-state index contributed by atoms with van der Waals surface area (Å²) in [5.41, 5.74) is 1.77. The molecular formula is C13H19ClN2O2. The number of aryl methyl sites for hydroxylation is 1. The second kappa shape index (κ2) is 6.69. The van der Waals surface area contributed by atoms with Crippen LogP contribution in [0.3, 0.4) is 0 Å². The van der Waals surface area contributed by atoms with E-state index in [2.05, 4.69) is 9.97 Å². The van der Waals surface area contributed by atoms with Crippen LogP contribution in [0.2, 0.25) is 5.15 Å². The topological polar surface area (TPSA) is 52.1 Å². The molecule has 18 heavy (non-hydrogen) atoms. The number of carbonyl (C=O) groups excluding carboxylic acids is 1. The Hall–Kier alpha value is -1.16. The van der Waals surface area contributed by atoms with E-state index in [1.165, 1.54) is 0 Å². The summed E-state index contributed by atoms with van der Waals surface area (Å²) in [6, 6.07) is 0. The summed E-state index contributed by atoms with van der Waals surface area (Å²) in [4.78, 5) is 19.9. The van der Waals surface area contributed by atoms with Crippen molar-refractivity contribution in [1.29, 1.82) is 0 Å². The summed E-state index contributed by atoms with van der Waals surface area (Å²) in [5, 5.41) is 0.440. The highest BCUT2D eigenvalue weighted by Crippen LogP contribution is 2.24. The van der Waals surface area contributed by atoms with Gasteiger partial charge in [0.2, 0.25) is 0 Å². The number of carbonyl (C=O) groups is 1. The van der Waals surface area contributed by atoms with Crippen LogP contribution in [0, 0.1) is 6.92 Å². The Labute approximate surface area is 113 Å². The Morgan fingerprint density at radius 1 is 1.39 bits per heavy atom. The van der Waals surface area contributed by atoms with Gasteiger partial charge in [0.05, 0.1) is 12.3 Å². The van der Waals surface area contributed by atoms with E-state index < -0.39 is 0 Å². The molecule has 0 fully saturated rings. The predicted octanol–water partition coefficient (Wildman–Crippen LogP) is 3.06. The van der Waals surface area contributed by atoms with Gasteiger partial charge in [0.25, 0.3) is 0 Å². The highest BCUT2D eigenvalue weighted by Gasteiger charge is 2.16. The molecular weight excluding hydrogens is 252 g/mol. The number of esters is 1. The number of ether oxygens (including phenoxy) is 1. The molecule has 1 aromatic rings. The molecule has 0 atom stereocenters. The fourth-order valence-electron chi connectivity index (χ4n) is 1.75. The zero-order valence-corrected chi connectivity index (χ0v) is 12.0. The lowest BCUT2D eigenvalue weighted by atomic mass is 10.0. The molecule has 0 aliphatic heterocycles. The minimum atomic E-state index is -0.219. The molecule has 0 spiro atoms. The normalized spacial score (nSPS) is 10.8. The van der Waals surface area contributed by atoms with Crippen LogP contribution < -0.4 is 0 Å². The minimum absolute atomic E-state index is 0.219. The van der Waals surface area contributed by atoms with Gasteiger partial charge in [-0.25, -0.2) is 9.97 Å². The SMILES string of the molecule is CCOC(=O)CCc1c(Cl)nc(C)nc1C(C)C. The van der Waals surface area contributed by atoms with E-state index in [9.17, 15) is 4.79 Å². The van der Waals surface area contributed by atoms with E-state index in [1.54, 1.807) is 6.92 Å². The molecule has 100 valence electrons. The van der Waals surface area contributed by atoms with Crippen LogP contribution in [0.1, 0.15) is 50.2 Å². The van der Waals surface area contributed by atoms with Crippen LogP contribution >= 0.6 is 11.6 Å². The second-order valence-electron chi connectivity index (χ2n) is 4.39. The number of hydrogen-bond acceptors (Lipinski definition) is 4. The first-order valence-electron chi connectivity index (χ1n) is 6.14. The molecule has 1 heterocycles. The summed E-state index contributed by atoms with van der Waals surface area (Å²) in [7, 11) is 0. The summed E-state index contributed by atoms with van der Waals surface area (Å²) in [6.45, 7) is 8.10. The van der Waals surface area contributed by atoms with Crippen LogP contribution in [-0.2, 0) is 16.0 Å². The molecule has 0 saturated carbocycles. The molecule has 0 amide bonds. The lowest BCUT2D eigenvalue weighted by Crippen LogP contribution is -2.10. The lowest BCUT2D eigenvalue weighted by Gasteiger charge is -2.13. The van der Waals surface area contributed by atoms with Crippen LogP contribution in [0.15, 0.2) is 0 Å². The fraction of sp³-hybridized carbons (Fsp3) is 0.615. The minimum Gasteiger partial charge on any atom is -0.466 e. The lowest BCUT2D eigenvalue weighted by molar-refractivity contribution is -0.143. The van der Waals surface area contributed by atoms with Gasteiger partial charge in [-0.2, -0.15) is 0 Å².